The van der Waals surface area contributed by atoms with Gasteiger partial charge in [0.15, 0.2) is 0 Å². The minimum atomic E-state index is 0.629. The monoisotopic (exact) mass is 254 g/mol. The Morgan fingerprint density at radius 1 is 1.06 bits per heavy atom. The molecule has 0 bridgehead atoms. The SMILES string of the molecule is CC(C)C(CN(C)C)NC1CCCCC1C(C)C. The van der Waals surface area contributed by atoms with Gasteiger partial charge in [-0.2, -0.15) is 0 Å². The number of hydrogen-bond donors (Lipinski definition) is 1. The van der Waals surface area contributed by atoms with Crippen LogP contribution >= 0.6 is 0 Å². The zero-order valence-corrected chi connectivity index (χ0v) is 13.4. The average molecular weight is 254 g/mol. The van der Waals surface area contributed by atoms with E-state index >= 15 is 0 Å². The second-order valence-corrected chi connectivity index (χ2v) is 7.08. The zero-order chi connectivity index (χ0) is 13.7. The van der Waals surface area contributed by atoms with E-state index in [2.05, 4.69) is 52.0 Å². The van der Waals surface area contributed by atoms with Crippen LogP contribution in [-0.2, 0) is 0 Å². The van der Waals surface area contributed by atoms with Crippen molar-refractivity contribution in [2.75, 3.05) is 20.6 Å². The highest BCUT2D eigenvalue weighted by atomic mass is 15.1. The Hall–Kier alpha value is -0.0800. The third-order valence-corrected chi connectivity index (χ3v) is 4.47. The van der Waals surface area contributed by atoms with Crippen molar-refractivity contribution in [3.8, 4) is 0 Å². The molecule has 0 aromatic rings. The van der Waals surface area contributed by atoms with Crippen molar-refractivity contribution >= 4 is 0 Å². The maximum Gasteiger partial charge on any atom is 0.0220 e. The Balaban J connectivity index is 2.59. The Kier molecular flexibility index (Phi) is 6.65. The summed E-state index contributed by atoms with van der Waals surface area (Å²) in [6, 6.07) is 1.37. The van der Waals surface area contributed by atoms with Gasteiger partial charge in [-0.15, -0.1) is 0 Å². The summed E-state index contributed by atoms with van der Waals surface area (Å²) in [5.74, 6) is 2.40. The van der Waals surface area contributed by atoms with Crippen LogP contribution < -0.4 is 5.32 Å². The molecule has 1 aliphatic rings. The molecule has 0 radical (unpaired) electrons. The summed E-state index contributed by atoms with van der Waals surface area (Å²) < 4.78 is 0. The first kappa shape index (κ1) is 16.0. The van der Waals surface area contributed by atoms with Gasteiger partial charge in [-0.25, -0.2) is 0 Å². The highest BCUT2D eigenvalue weighted by Crippen LogP contribution is 2.30. The van der Waals surface area contributed by atoms with Crippen molar-refractivity contribution in [2.24, 2.45) is 17.8 Å². The molecule has 3 atom stereocenters. The minimum absolute atomic E-state index is 0.629. The van der Waals surface area contributed by atoms with Crippen LogP contribution in [-0.4, -0.2) is 37.6 Å². The lowest BCUT2D eigenvalue weighted by atomic mass is 9.77. The topological polar surface area (TPSA) is 15.3 Å². The van der Waals surface area contributed by atoms with Crippen LogP contribution in [0.5, 0.6) is 0 Å². The van der Waals surface area contributed by atoms with Crippen LogP contribution in [0, 0.1) is 17.8 Å². The minimum Gasteiger partial charge on any atom is -0.309 e. The van der Waals surface area contributed by atoms with Crippen LogP contribution in [0.1, 0.15) is 53.4 Å². The molecule has 0 heterocycles. The fourth-order valence-electron chi connectivity index (χ4n) is 3.29. The number of rotatable bonds is 6. The lowest BCUT2D eigenvalue weighted by Gasteiger charge is -2.39. The van der Waals surface area contributed by atoms with Gasteiger partial charge in [-0.05, 0) is 44.7 Å². The molecule has 0 aromatic heterocycles. The molecule has 0 aromatic carbocycles. The fourth-order valence-corrected chi connectivity index (χ4v) is 3.29. The van der Waals surface area contributed by atoms with Gasteiger partial charge >= 0.3 is 0 Å². The van der Waals surface area contributed by atoms with Gasteiger partial charge in [-0.3, -0.25) is 0 Å². The molecular weight excluding hydrogens is 220 g/mol. The third kappa shape index (κ3) is 4.89. The molecule has 1 fully saturated rings. The van der Waals surface area contributed by atoms with Crippen LogP contribution in [0.3, 0.4) is 0 Å². The first-order chi connectivity index (χ1) is 8.41. The molecular formula is C16H34N2. The summed E-state index contributed by atoms with van der Waals surface area (Å²) in [6.07, 6.45) is 5.64. The summed E-state index contributed by atoms with van der Waals surface area (Å²) in [4.78, 5) is 2.31. The van der Waals surface area contributed by atoms with Crippen LogP contribution in [0.25, 0.3) is 0 Å². The van der Waals surface area contributed by atoms with Gasteiger partial charge in [-0.1, -0.05) is 40.5 Å². The van der Waals surface area contributed by atoms with Gasteiger partial charge in [0.05, 0.1) is 0 Å². The molecule has 108 valence electrons. The first-order valence-electron chi connectivity index (χ1n) is 7.82. The molecule has 0 amide bonds. The molecule has 2 heteroatoms. The maximum absolute atomic E-state index is 3.98. The number of nitrogens with zero attached hydrogens (tertiary/aromatic N) is 1. The molecule has 2 nitrogen and oxygen atoms in total. The van der Waals surface area contributed by atoms with E-state index in [-0.39, 0.29) is 0 Å². The van der Waals surface area contributed by atoms with Crippen molar-refractivity contribution in [3.05, 3.63) is 0 Å². The lowest BCUT2D eigenvalue weighted by molar-refractivity contribution is 0.167. The van der Waals surface area contributed by atoms with Crippen molar-refractivity contribution in [3.63, 3.8) is 0 Å². The van der Waals surface area contributed by atoms with E-state index in [0.29, 0.717) is 12.0 Å². The molecule has 1 N–H and O–H groups in total. The summed E-state index contributed by atoms with van der Waals surface area (Å²) in [7, 11) is 4.36. The predicted molar refractivity (Wildman–Crippen MR) is 80.9 cm³/mol. The average Bonchev–Trinajstić information content (AvgIpc) is 2.27. The third-order valence-electron chi connectivity index (χ3n) is 4.47. The molecule has 18 heavy (non-hydrogen) atoms. The van der Waals surface area contributed by atoms with Gasteiger partial charge in [0, 0.05) is 18.6 Å². The molecule has 1 aliphatic carbocycles. The van der Waals surface area contributed by atoms with E-state index in [0.717, 1.165) is 24.4 Å². The lowest BCUT2D eigenvalue weighted by Crippen LogP contribution is -2.51. The molecule has 0 aliphatic heterocycles. The summed E-state index contributed by atoms with van der Waals surface area (Å²) in [5.41, 5.74) is 0. The van der Waals surface area contributed by atoms with E-state index < -0.39 is 0 Å². The van der Waals surface area contributed by atoms with Gasteiger partial charge in [0.2, 0.25) is 0 Å². The second-order valence-electron chi connectivity index (χ2n) is 7.08. The Morgan fingerprint density at radius 3 is 2.17 bits per heavy atom. The molecule has 1 saturated carbocycles. The smallest absolute Gasteiger partial charge is 0.0220 e. The van der Waals surface area contributed by atoms with E-state index in [4.69, 9.17) is 0 Å². The van der Waals surface area contributed by atoms with Crippen molar-refractivity contribution in [2.45, 2.75) is 65.5 Å². The van der Waals surface area contributed by atoms with Gasteiger partial charge < -0.3 is 10.2 Å². The van der Waals surface area contributed by atoms with E-state index in [1.165, 1.54) is 25.7 Å². The number of hydrogen-bond acceptors (Lipinski definition) is 2. The fraction of sp³-hybridized carbons (Fsp3) is 1.00. The van der Waals surface area contributed by atoms with Gasteiger partial charge in [0.1, 0.15) is 0 Å². The normalized spacial score (nSPS) is 27.2. The predicted octanol–water partition coefficient (Wildman–Crippen LogP) is 3.38. The first-order valence-corrected chi connectivity index (χ1v) is 7.82. The van der Waals surface area contributed by atoms with Crippen LogP contribution in [0.2, 0.25) is 0 Å². The van der Waals surface area contributed by atoms with Crippen LogP contribution in [0.4, 0.5) is 0 Å². The molecule has 0 saturated heterocycles. The zero-order valence-electron chi connectivity index (χ0n) is 13.4. The number of nitrogens with one attached hydrogen (secondary N) is 1. The highest BCUT2D eigenvalue weighted by molar-refractivity contribution is 4.87. The molecule has 1 rings (SSSR count). The Morgan fingerprint density at radius 2 is 1.67 bits per heavy atom. The summed E-state index contributed by atoms with van der Waals surface area (Å²) >= 11 is 0. The van der Waals surface area contributed by atoms with E-state index in [9.17, 15) is 0 Å². The van der Waals surface area contributed by atoms with E-state index in [1.807, 2.05) is 0 Å². The van der Waals surface area contributed by atoms with Crippen molar-refractivity contribution in [1.29, 1.82) is 0 Å². The van der Waals surface area contributed by atoms with Gasteiger partial charge in [0.25, 0.3) is 0 Å². The van der Waals surface area contributed by atoms with Crippen molar-refractivity contribution < 1.29 is 0 Å². The molecule has 0 spiro atoms. The highest BCUT2D eigenvalue weighted by Gasteiger charge is 2.29. The van der Waals surface area contributed by atoms with E-state index in [1.54, 1.807) is 0 Å². The summed E-state index contributed by atoms with van der Waals surface area (Å²) in [6.45, 7) is 10.6. The number of likely N-dealkylation sites (N-methyl/N-ethyl adjacent to an activating group) is 1. The quantitative estimate of drug-likeness (QED) is 0.782. The Labute approximate surface area is 115 Å². The largest absolute Gasteiger partial charge is 0.309 e. The second kappa shape index (κ2) is 7.49. The standard InChI is InChI=1S/C16H34N2/c1-12(2)14-9-7-8-10-15(14)17-16(13(3)4)11-18(5)6/h12-17H,7-11H2,1-6H3. The summed E-state index contributed by atoms with van der Waals surface area (Å²) in [5, 5.41) is 3.98. The molecule has 3 unspecified atom stereocenters. The van der Waals surface area contributed by atoms with Crippen molar-refractivity contribution in [1.82, 2.24) is 10.2 Å². The maximum atomic E-state index is 3.98. The van der Waals surface area contributed by atoms with Crippen LogP contribution in [0.15, 0.2) is 0 Å². The Bertz CT molecular complexity index is 223.